The van der Waals surface area contributed by atoms with E-state index in [9.17, 15) is 22.8 Å². The summed E-state index contributed by atoms with van der Waals surface area (Å²) in [5.74, 6) is -3.05. The van der Waals surface area contributed by atoms with Crippen LogP contribution in [0.3, 0.4) is 0 Å². The molecule has 0 spiro atoms. The Bertz CT molecular complexity index is 524. The van der Waals surface area contributed by atoms with Crippen molar-refractivity contribution in [3.8, 4) is 0 Å². The highest BCUT2D eigenvalue weighted by Crippen LogP contribution is 2.43. The summed E-state index contributed by atoms with van der Waals surface area (Å²) in [6.45, 7) is 1.32. The molecular weight excluding hydrogens is 287 g/mol. The smallest absolute Gasteiger partial charge is 0.467 e. The molecule has 116 valence electrons. The van der Waals surface area contributed by atoms with Crippen molar-refractivity contribution in [1.82, 2.24) is 4.90 Å². The van der Waals surface area contributed by atoms with Gasteiger partial charge in [-0.15, -0.1) is 0 Å². The van der Waals surface area contributed by atoms with Gasteiger partial charge < -0.3 is 4.74 Å². The minimum atomic E-state index is -5.04. The number of halogens is 3. The molecule has 1 aliphatic heterocycles. The summed E-state index contributed by atoms with van der Waals surface area (Å²) in [6.07, 6.45) is 1.10. The van der Waals surface area contributed by atoms with E-state index in [-0.39, 0.29) is 18.0 Å². The molecule has 0 aromatic carbocycles. The van der Waals surface area contributed by atoms with E-state index in [4.69, 9.17) is 0 Å². The molecule has 7 heteroatoms. The summed E-state index contributed by atoms with van der Waals surface area (Å²) in [4.78, 5) is 24.4. The molecule has 1 aliphatic carbocycles. The Morgan fingerprint density at radius 2 is 2.10 bits per heavy atom. The lowest BCUT2D eigenvalue weighted by molar-refractivity contribution is -0.194. The number of allylic oxidation sites excluding steroid dienone is 4. The number of esters is 1. The van der Waals surface area contributed by atoms with Gasteiger partial charge in [-0.3, -0.25) is 9.69 Å². The third kappa shape index (κ3) is 2.56. The molecule has 0 bridgehead atoms. The van der Waals surface area contributed by atoms with Gasteiger partial charge >= 0.3 is 18.1 Å². The molecule has 2 unspecified atom stereocenters. The van der Waals surface area contributed by atoms with Crippen LogP contribution in [0.1, 0.15) is 26.2 Å². The fourth-order valence-corrected chi connectivity index (χ4v) is 2.92. The Morgan fingerprint density at radius 1 is 1.43 bits per heavy atom. The number of likely N-dealkylation sites (tertiary alicyclic amines) is 1. The van der Waals surface area contributed by atoms with Gasteiger partial charge in [0.1, 0.15) is 5.54 Å². The zero-order valence-corrected chi connectivity index (χ0v) is 11.7. The minimum absolute atomic E-state index is 0.136. The van der Waals surface area contributed by atoms with E-state index in [2.05, 4.69) is 4.74 Å². The number of rotatable bonds is 1. The van der Waals surface area contributed by atoms with Crippen molar-refractivity contribution in [2.24, 2.45) is 5.92 Å². The number of nitrogens with zero attached hydrogens (tertiary/aromatic N) is 1. The summed E-state index contributed by atoms with van der Waals surface area (Å²) >= 11 is 0. The van der Waals surface area contributed by atoms with Crippen LogP contribution in [-0.4, -0.2) is 35.6 Å². The summed E-state index contributed by atoms with van der Waals surface area (Å²) in [5, 5.41) is 0. The summed E-state index contributed by atoms with van der Waals surface area (Å²) < 4.78 is 43.4. The molecule has 2 rings (SSSR count). The number of piperidine rings is 1. The second kappa shape index (κ2) is 5.20. The van der Waals surface area contributed by atoms with E-state index in [1.165, 1.54) is 13.0 Å². The number of fused-ring (bicyclic) bond motifs is 1. The first-order chi connectivity index (χ1) is 9.71. The van der Waals surface area contributed by atoms with Crippen molar-refractivity contribution in [3.63, 3.8) is 0 Å². The van der Waals surface area contributed by atoms with Gasteiger partial charge in [-0.2, -0.15) is 13.2 Å². The predicted molar refractivity (Wildman–Crippen MR) is 67.9 cm³/mol. The average Bonchev–Trinajstić information content (AvgIpc) is 2.44. The third-order valence-corrected chi connectivity index (χ3v) is 4.04. The maximum atomic E-state index is 12.9. The maximum absolute atomic E-state index is 12.9. The van der Waals surface area contributed by atoms with Gasteiger partial charge in [0.25, 0.3) is 0 Å². The fraction of sp³-hybridized carbons (Fsp3) is 0.571. The van der Waals surface area contributed by atoms with Crippen LogP contribution in [0.5, 0.6) is 0 Å². The molecule has 2 aliphatic rings. The molecule has 0 aromatic rings. The average molecular weight is 303 g/mol. The second-order valence-electron chi connectivity index (χ2n) is 5.39. The molecule has 21 heavy (non-hydrogen) atoms. The molecule has 1 saturated heterocycles. The molecule has 4 nitrogen and oxygen atoms in total. The molecule has 0 aromatic heterocycles. The van der Waals surface area contributed by atoms with E-state index in [1.54, 1.807) is 6.08 Å². The SMILES string of the molecule is COC(=O)C1(C)CCC2CC=CC=C2N1C(=O)C(F)(F)F. The number of ether oxygens (including phenoxy) is 1. The van der Waals surface area contributed by atoms with E-state index >= 15 is 0 Å². The Hall–Kier alpha value is -1.79. The zero-order chi connectivity index (χ0) is 15.8. The van der Waals surface area contributed by atoms with Crippen LogP contribution in [0.4, 0.5) is 13.2 Å². The number of alkyl halides is 3. The monoisotopic (exact) mass is 303 g/mol. The topological polar surface area (TPSA) is 46.6 Å². The number of hydrogen-bond donors (Lipinski definition) is 0. The molecular formula is C14H16F3NO3. The van der Waals surface area contributed by atoms with Crippen molar-refractivity contribution in [3.05, 3.63) is 23.9 Å². The second-order valence-corrected chi connectivity index (χ2v) is 5.39. The highest BCUT2D eigenvalue weighted by molar-refractivity contribution is 5.92. The first-order valence-electron chi connectivity index (χ1n) is 6.58. The normalized spacial score (nSPS) is 28.7. The van der Waals surface area contributed by atoms with Gasteiger partial charge in [0.15, 0.2) is 0 Å². The predicted octanol–water partition coefficient (Wildman–Crippen LogP) is 2.56. The molecule has 0 N–H and O–H groups in total. The summed E-state index contributed by atoms with van der Waals surface area (Å²) in [5.41, 5.74) is -1.39. The highest BCUT2D eigenvalue weighted by atomic mass is 19.4. The van der Waals surface area contributed by atoms with Gasteiger partial charge in [-0.25, -0.2) is 4.79 Å². The standard InChI is InChI=1S/C14H16F3NO3/c1-13(12(20)21-2)8-7-9-5-3-4-6-10(9)18(13)11(19)14(15,16)17/h3-4,6,9H,5,7-8H2,1-2H3. The van der Waals surface area contributed by atoms with Crippen LogP contribution in [0.2, 0.25) is 0 Å². The van der Waals surface area contributed by atoms with Crippen LogP contribution in [0.15, 0.2) is 23.9 Å². The molecule has 2 atom stereocenters. The Kier molecular flexibility index (Phi) is 3.86. The first kappa shape index (κ1) is 15.6. The lowest BCUT2D eigenvalue weighted by Crippen LogP contribution is -2.61. The van der Waals surface area contributed by atoms with Gasteiger partial charge in [-0.05, 0) is 32.3 Å². The quantitative estimate of drug-likeness (QED) is 0.699. The lowest BCUT2D eigenvalue weighted by atomic mass is 9.78. The lowest BCUT2D eigenvalue weighted by Gasteiger charge is -2.47. The van der Waals surface area contributed by atoms with E-state index in [1.807, 2.05) is 6.08 Å². The molecule has 1 heterocycles. The van der Waals surface area contributed by atoms with Gasteiger partial charge in [-0.1, -0.05) is 12.2 Å². The molecule has 1 amide bonds. The van der Waals surface area contributed by atoms with Crippen molar-refractivity contribution in [1.29, 1.82) is 0 Å². The van der Waals surface area contributed by atoms with Crippen molar-refractivity contribution in [2.75, 3.05) is 7.11 Å². The van der Waals surface area contributed by atoms with Crippen LogP contribution < -0.4 is 0 Å². The van der Waals surface area contributed by atoms with Crippen LogP contribution in [0, 0.1) is 5.92 Å². The molecule has 1 fully saturated rings. The van der Waals surface area contributed by atoms with E-state index < -0.39 is 23.6 Å². The number of amides is 1. The number of carbonyl (C=O) groups is 2. The largest absolute Gasteiger partial charge is 0.471 e. The number of methoxy groups -OCH3 is 1. The Labute approximate surface area is 120 Å². The Balaban J connectivity index is 2.51. The Morgan fingerprint density at radius 3 is 2.67 bits per heavy atom. The first-order valence-corrected chi connectivity index (χ1v) is 6.58. The zero-order valence-electron chi connectivity index (χ0n) is 11.7. The van der Waals surface area contributed by atoms with Crippen molar-refractivity contribution in [2.45, 2.75) is 37.9 Å². The van der Waals surface area contributed by atoms with Crippen molar-refractivity contribution < 1.29 is 27.5 Å². The van der Waals surface area contributed by atoms with Gasteiger partial charge in [0, 0.05) is 11.6 Å². The number of carbonyl (C=O) groups excluding carboxylic acids is 2. The number of hydrogen-bond acceptors (Lipinski definition) is 3. The fourth-order valence-electron chi connectivity index (χ4n) is 2.92. The van der Waals surface area contributed by atoms with Crippen LogP contribution in [0.25, 0.3) is 0 Å². The van der Waals surface area contributed by atoms with Gasteiger partial charge in [0.05, 0.1) is 7.11 Å². The molecule has 0 radical (unpaired) electrons. The highest BCUT2D eigenvalue weighted by Gasteiger charge is 2.56. The van der Waals surface area contributed by atoms with Crippen LogP contribution in [-0.2, 0) is 14.3 Å². The molecule has 0 saturated carbocycles. The van der Waals surface area contributed by atoms with Crippen molar-refractivity contribution >= 4 is 11.9 Å². The summed E-state index contributed by atoms with van der Waals surface area (Å²) in [6, 6.07) is 0. The maximum Gasteiger partial charge on any atom is 0.471 e. The van der Waals surface area contributed by atoms with E-state index in [0.717, 1.165) is 7.11 Å². The van der Waals surface area contributed by atoms with Gasteiger partial charge in [0.2, 0.25) is 0 Å². The van der Waals surface area contributed by atoms with Crippen LogP contribution >= 0.6 is 0 Å². The summed E-state index contributed by atoms with van der Waals surface area (Å²) in [7, 11) is 1.10. The van der Waals surface area contributed by atoms with E-state index in [0.29, 0.717) is 17.7 Å². The minimum Gasteiger partial charge on any atom is -0.467 e. The third-order valence-electron chi connectivity index (χ3n) is 4.04.